The van der Waals surface area contributed by atoms with Gasteiger partial charge in [0.05, 0.1) is 5.70 Å². The Morgan fingerprint density at radius 2 is 1.88 bits per heavy atom. The van der Waals surface area contributed by atoms with Crippen LogP contribution in [0.4, 0.5) is 11.6 Å². The van der Waals surface area contributed by atoms with E-state index in [0.717, 1.165) is 46.5 Å². The molecule has 0 spiro atoms. The van der Waals surface area contributed by atoms with Crippen molar-refractivity contribution in [1.29, 1.82) is 0 Å². The number of hydrazine groups is 1. The lowest BCUT2D eigenvalue weighted by molar-refractivity contribution is 0.246. The van der Waals surface area contributed by atoms with E-state index in [4.69, 9.17) is 11.6 Å². The molecule has 3 heterocycles. The van der Waals surface area contributed by atoms with Crippen molar-refractivity contribution in [1.82, 2.24) is 19.9 Å². The molecular weight excluding hydrogens is 400 g/mol. The fourth-order valence-corrected chi connectivity index (χ4v) is 3.66. The third-order valence-electron chi connectivity index (χ3n) is 5.69. The molecule has 0 amide bonds. The Morgan fingerprint density at radius 3 is 2.59 bits per heavy atom. The van der Waals surface area contributed by atoms with E-state index in [2.05, 4.69) is 51.8 Å². The van der Waals surface area contributed by atoms with Crippen molar-refractivity contribution in [3.63, 3.8) is 0 Å². The van der Waals surface area contributed by atoms with E-state index in [1.165, 1.54) is 5.01 Å². The smallest absolute Gasteiger partial charge is 0.130 e. The summed E-state index contributed by atoms with van der Waals surface area (Å²) in [6, 6.07) is 12.6. The summed E-state index contributed by atoms with van der Waals surface area (Å²) in [7, 11) is 5.95. The highest BCUT2D eigenvalue weighted by atomic mass is 15.4. The summed E-state index contributed by atoms with van der Waals surface area (Å²) in [5, 5.41) is 6.81. The number of nitrogens with zero attached hydrogens (tertiary/aromatic N) is 5. The molecule has 32 heavy (non-hydrogen) atoms. The summed E-state index contributed by atoms with van der Waals surface area (Å²) < 4.78 is 0. The van der Waals surface area contributed by atoms with E-state index >= 15 is 0 Å². The van der Waals surface area contributed by atoms with Gasteiger partial charge in [-0.2, -0.15) is 0 Å². The zero-order valence-electron chi connectivity index (χ0n) is 18.8. The van der Waals surface area contributed by atoms with Crippen molar-refractivity contribution in [2.75, 3.05) is 44.4 Å². The van der Waals surface area contributed by atoms with Gasteiger partial charge in [0.1, 0.15) is 11.6 Å². The Hall–Kier alpha value is -3.62. The van der Waals surface area contributed by atoms with Crippen molar-refractivity contribution in [3.05, 3.63) is 72.7 Å². The summed E-state index contributed by atoms with van der Waals surface area (Å²) in [4.78, 5) is 13.6. The number of nitrogens with one attached hydrogen (secondary N) is 1. The van der Waals surface area contributed by atoms with Gasteiger partial charge >= 0.3 is 0 Å². The molecule has 0 saturated carbocycles. The van der Waals surface area contributed by atoms with E-state index in [1.54, 1.807) is 13.2 Å². The van der Waals surface area contributed by atoms with E-state index < -0.39 is 0 Å². The van der Waals surface area contributed by atoms with Crippen molar-refractivity contribution in [2.45, 2.75) is 6.04 Å². The molecule has 0 unspecified atom stereocenters. The van der Waals surface area contributed by atoms with Crippen LogP contribution in [0.5, 0.6) is 0 Å². The Balaban J connectivity index is 1.50. The standard InChI is InChI=1S/C24H30N8/c1-16(17-7-8-27-24(11-17)32-13-21(14-32)30(2)3)29-23-10-20-9-18(22(25)15-31(4)26)5-6-19(20)12-28-23/h5-12,15,21H,1,13-14,25-26H2,2-4H3,(H,28,29)/b22-15-. The van der Waals surface area contributed by atoms with Crippen molar-refractivity contribution < 1.29 is 0 Å². The van der Waals surface area contributed by atoms with Crippen molar-refractivity contribution in [3.8, 4) is 0 Å². The molecule has 0 atom stereocenters. The lowest BCUT2D eigenvalue weighted by Crippen LogP contribution is -2.57. The van der Waals surface area contributed by atoms with Crippen LogP contribution in [-0.4, -0.2) is 60.2 Å². The highest BCUT2D eigenvalue weighted by molar-refractivity contribution is 5.88. The van der Waals surface area contributed by atoms with E-state index in [-0.39, 0.29) is 0 Å². The van der Waals surface area contributed by atoms with Crippen LogP contribution in [0.15, 0.2) is 61.6 Å². The van der Waals surface area contributed by atoms with Gasteiger partial charge in [-0.25, -0.2) is 15.8 Å². The SMILES string of the molecule is C=C(Nc1cc2cc(/C(N)=C/N(C)N)ccc2cn1)c1ccnc(N2CC(N(C)C)C2)c1. The van der Waals surface area contributed by atoms with Crippen LogP contribution in [0, 0.1) is 0 Å². The number of hydrogen-bond acceptors (Lipinski definition) is 8. The fourth-order valence-electron chi connectivity index (χ4n) is 3.66. The molecule has 1 aromatic carbocycles. The summed E-state index contributed by atoms with van der Waals surface area (Å²) in [6.45, 7) is 6.18. The molecule has 3 aromatic rings. The van der Waals surface area contributed by atoms with E-state index in [0.29, 0.717) is 17.6 Å². The van der Waals surface area contributed by atoms with Crippen molar-refractivity contribution in [2.24, 2.45) is 11.6 Å². The van der Waals surface area contributed by atoms with Gasteiger partial charge in [-0.1, -0.05) is 18.7 Å². The van der Waals surface area contributed by atoms with Gasteiger partial charge in [-0.3, -0.25) is 0 Å². The Bertz CT molecular complexity index is 1160. The minimum absolute atomic E-state index is 0.572. The second-order valence-electron chi connectivity index (χ2n) is 8.41. The highest BCUT2D eigenvalue weighted by Gasteiger charge is 2.29. The minimum Gasteiger partial charge on any atom is -0.397 e. The molecule has 1 aliphatic rings. The molecule has 2 aromatic heterocycles. The number of aromatic nitrogens is 2. The first kappa shape index (κ1) is 21.6. The number of rotatable bonds is 7. The lowest BCUT2D eigenvalue weighted by Gasteiger charge is -2.43. The third kappa shape index (κ3) is 4.66. The molecule has 8 heteroatoms. The Kier molecular flexibility index (Phi) is 5.98. The highest BCUT2D eigenvalue weighted by Crippen LogP contribution is 2.26. The van der Waals surface area contributed by atoms with Crippen LogP contribution >= 0.6 is 0 Å². The van der Waals surface area contributed by atoms with Gasteiger partial charge in [0.25, 0.3) is 0 Å². The number of pyridine rings is 2. The molecule has 166 valence electrons. The summed E-state index contributed by atoms with van der Waals surface area (Å²) in [6.07, 6.45) is 5.34. The molecule has 1 saturated heterocycles. The summed E-state index contributed by atoms with van der Waals surface area (Å²) >= 11 is 0. The maximum absolute atomic E-state index is 6.14. The van der Waals surface area contributed by atoms with Gasteiger partial charge in [0.15, 0.2) is 0 Å². The van der Waals surface area contributed by atoms with Crippen LogP contribution in [0.2, 0.25) is 0 Å². The third-order valence-corrected chi connectivity index (χ3v) is 5.69. The van der Waals surface area contributed by atoms with Crippen LogP contribution in [0.3, 0.4) is 0 Å². The average molecular weight is 431 g/mol. The summed E-state index contributed by atoms with van der Waals surface area (Å²) in [5.74, 6) is 7.36. The van der Waals surface area contributed by atoms with Gasteiger partial charge in [0.2, 0.25) is 0 Å². The molecular formula is C24H30N8. The van der Waals surface area contributed by atoms with Gasteiger partial charge in [-0.15, -0.1) is 0 Å². The topological polar surface area (TPSA) is 99.6 Å². The minimum atomic E-state index is 0.572. The summed E-state index contributed by atoms with van der Waals surface area (Å²) in [5.41, 5.74) is 9.39. The maximum atomic E-state index is 6.14. The molecule has 1 aliphatic heterocycles. The second-order valence-corrected chi connectivity index (χ2v) is 8.41. The first-order valence-electron chi connectivity index (χ1n) is 10.5. The zero-order valence-corrected chi connectivity index (χ0v) is 18.8. The van der Waals surface area contributed by atoms with Crippen LogP contribution in [0.25, 0.3) is 22.2 Å². The molecule has 1 fully saturated rings. The van der Waals surface area contributed by atoms with Gasteiger partial charge < -0.3 is 25.9 Å². The van der Waals surface area contributed by atoms with Crippen molar-refractivity contribution >= 4 is 33.8 Å². The van der Waals surface area contributed by atoms with E-state index in [1.807, 2.05) is 42.7 Å². The van der Waals surface area contributed by atoms with Crippen LogP contribution < -0.4 is 21.8 Å². The number of fused-ring (bicyclic) bond motifs is 1. The largest absolute Gasteiger partial charge is 0.397 e. The number of hydrogen-bond donors (Lipinski definition) is 3. The molecule has 4 rings (SSSR count). The molecule has 5 N–H and O–H groups in total. The van der Waals surface area contributed by atoms with Crippen LogP contribution in [0.1, 0.15) is 11.1 Å². The lowest BCUT2D eigenvalue weighted by atomic mass is 10.1. The zero-order chi connectivity index (χ0) is 22.8. The maximum Gasteiger partial charge on any atom is 0.130 e. The number of nitrogens with two attached hydrogens (primary N) is 2. The van der Waals surface area contributed by atoms with Crippen LogP contribution in [-0.2, 0) is 0 Å². The predicted molar refractivity (Wildman–Crippen MR) is 132 cm³/mol. The molecule has 8 nitrogen and oxygen atoms in total. The molecule has 0 aliphatic carbocycles. The Morgan fingerprint density at radius 1 is 1.09 bits per heavy atom. The van der Waals surface area contributed by atoms with E-state index in [9.17, 15) is 0 Å². The fraction of sp³-hybridized carbons (Fsp3) is 0.250. The predicted octanol–water partition coefficient (Wildman–Crippen LogP) is 2.53. The first-order chi connectivity index (χ1) is 15.3. The molecule has 0 bridgehead atoms. The monoisotopic (exact) mass is 430 g/mol. The number of likely N-dealkylation sites (N-methyl/N-ethyl adjacent to an activating group) is 1. The Labute approximate surface area is 188 Å². The number of benzene rings is 1. The molecule has 0 radical (unpaired) electrons. The number of anilines is 2. The quantitative estimate of drug-likeness (QED) is 0.388. The second kappa shape index (κ2) is 8.86. The first-order valence-corrected chi connectivity index (χ1v) is 10.5. The van der Waals surface area contributed by atoms with Gasteiger partial charge in [-0.05, 0) is 49.3 Å². The average Bonchev–Trinajstić information content (AvgIpc) is 2.71. The van der Waals surface area contributed by atoms with Gasteiger partial charge in [0, 0.05) is 61.4 Å². The normalized spacial score (nSPS) is 14.5.